The van der Waals surface area contributed by atoms with Gasteiger partial charge in [0.05, 0.1) is 19.0 Å². The van der Waals surface area contributed by atoms with Gasteiger partial charge in [0.2, 0.25) is 5.91 Å². The van der Waals surface area contributed by atoms with Crippen LogP contribution in [0.25, 0.3) is 0 Å². The van der Waals surface area contributed by atoms with Gasteiger partial charge in [-0.15, -0.1) is 12.4 Å². The van der Waals surface area contributed by atoms with Gasteiger partial charge in [-0.1, -0.05) is 6.92 Å². The van der Waals surface area contributed by atoms with E-state index in [4.69, 9.17) is 4.74 Å². The van der Waals surface area contributed by atoms with E-state index < -0.39 is 0 Å². The van der Waals surface area contributed by atoms with Crippen molar-refractivity contribution in [3.63, 3.8) is 0 Å². The number of aromatic nitrogens is 1. The number of amides is 2. The maximum Gasteiger partial charge on any atom is 0.256 e. The maximum absolute atomic E-state index is 12.1. The Morgan fingerprint density at radius 1 is 1.09 bits per heavy atom. The van der Waals surface area contributed by atoms with Gasteiger partial charge in [-0.3, -0.25) is 9.59 Å². The van der Waals surface area contributed by atoms with Crippen molar-refractivity contribution in [3.05, 3.63) is 48.2 Å². The van der Waals surface area contributed by atoms with Crippen LogP contribution in [0, 0.1) is 0 Å². The molecule has 1 aromatic carbocycles. The Balaban J connectivity index is 0.00000264. The molecule has 1 aromatic heterocycles. The predicted octanol–water partition coefficient (Wildman–Crippen LogP) is 3.11. The van der Waals surface area contributed by atoms with Crippen LogP contribution in [0.5, 0.6) is 5.75 Å². The normalized spacial score (nSPS) is 9.48. The Labute approximate surface area is 140 Å². The molecule has 1 heterocycles. The van der Waals surface area contributed by atoms with Gasteiger partial charge in [-0.05, 0) is 36.4 Å². The zero-order valence-corrected chi connectivity index (χ0v) is 13.6. The van der Waals surface area contributed by atoms with E-state index in [1.165, 1.54) is 6.20 Å². The summed E-state index contributed by atoms with van der Waals surface area (Å²) in [5.74, 6) is 0.748. The topological polar surface area (TPSA) is 80.3 Å². The van der Waals surface area contributed by atoms with Crippen LogP contribution < -0.4 is 15.4 Å². The third-order valence-electron chi connectivity index (χ3n) is 2.96. The highest BCUT2D eigenvalue weighted by Crippen LogP contribution is 2.14. The highest BCUT2D eigenvalue weighted by molar-refractivity contribution is 6.03. The number of pyridine rings is 1. The summed E-state index contributed by atoms with van der Waals surface area (Å²) in [4.78, 5) is 27.4. The van der Waals surface area contributed by atoms with Crippen LogP contribution in [0.2, 0.25) is 0 Å². The lowest BCUT2D eigenvalue weighted by Gasteiger charge is -2.07. The molecule has 0 saturated heterocycles. The van der Waals surface area contributed by atoms with E-state index >= 15 is 0 Å². The molecule has 6 nitrogen and oxygen atoms in total. The van der Waals surface area contributed by atoms with Crippen molar-refractivity contribution in [2.24, 2.45) is 0 Å². The standard InChI is InChI=1S/C16H17N3O3.ClH/c1-3-15(20)18-12-6-9-14(17-10-12)19-16(21)11-4-7-13(22-2)8-5-11;/h4-10H,3H2,1-2H3,(H,18,20)(H,17,19,21);1H. The van der Waals surface area contributed by atoms with Crippen molar-refractivity contribution in [1.82, 2.24) is 4.98 Å². The molecule has 7 heteroatoms. The number of nitrogens with zero attached hydrogens (tertiary/aromatic N) is 1. The summed E-state index contributed by atoms with van der Waals surface area (Å²) >= 11 is 0. The fourth-order valence-corrected chi connectivity index (χ4v) is 1.72. The lowest BCUT2D eigenvalue weighted by Crippen LogP contribution is -2.13. The molecule has 0 aliphatic carbocycles. The van der Waals surface area contributed by atoms with Crippen LogP contribution in [0.15, 0.2) is 42.6 Å². The first kappa shape index (κ1) is 18.4. The number of carbonyl (C=O) groups is 2. The summed E-state index contributed by atoms with van der Waals surface area (Å²) in [5.41, 5.74) is 1.10. The Kier molecular flexibility index (Phi) is 7.02. The number of carbonyl (C=O) groups excluding carboxylic acids is 2. The van der Waals surface area contributed by atoms with Crippen molar-refractivity contribution >= 4 is 35.7 Å². The van der Waals surface area contributed by atoms with E-state index in [9.17, 15) is 9.59 Å². The van der Waals surface area contributed by atoms with Crippen molar-refractivity contribution < 1.29 is 14.3 Å². The molecule has 0 bridgehead atoms. The minimum absolute atomic E-state index is 0. The monoisotopic (exact) mass is 335 g/mol. The molecule has 0 unspecified atom stereocenters. The second-order valence-corrected chi connectivity index (χ2v) is 4.52. The SMILES string of the molecule is CCC(=O)Nc1ccc(NC(=O)c2ccc(OC)cc2)nc1.Cl. The molecule has 0 saturated carbocycles. The smallest absolute Gasteiger partial charge is 0.256 e. The number of hydrogen-bond acceptors (Lipinski definition) is 4. The first-order valence-electron chi connectivity index (χ1n) is 6.83. The number of rotatable bonds is 5. The minimum atomic E-state index is -0.263. The van der Waals surface area contributed by atoms with Crippen molar-refractivity contribution in [1.29, 1.82) is 0 Å². The summed E-state index contributed by atoms with van der Waals surface area (Å²) in [5, 5.41) is 5.38. The van der Waals surface area contributed by atoms with Gasteiger partial charge < -0.3 is 15.4 Å². The summed E-state index contributed by atoms with van der Waals surface area (Å²) in [6.07, 6.45) is 1.90. The molecular formula is C16H18ClN3O3. The average molecular weight is 336 g/mol. The van der Waals surface area contributed by atoms with Crippen LogP contribution in [0.3, 0.4) is 0 Å². The average Bonchev–Trinajstić information content (AvgIpc) is 2.56. The van der Waals surface area contributed by atoms with Crippen LogP contribution in [0.4, 0.5) is 11.5 Å². The van der Waals surface area contributed by atoms with Crippen molar-refractivity contribution in [3.8, 4) is 5.75 Å². The molecule has 23 heavy (non-hydrogen) atoms. The number of hydrogen-bond donors (Lipinski definition) is 2. The molecule has 0 spiro atoms. The number of halogens is 1. The Hall–Kier alpha value is -2.60. The second kappa shape index (κ2) is 8.75. The molecule has 0 aliphatic rings. The van der Waals surface area contributed by atoms with Gasteiger partial charge in [0.15, 0.2) is 0 Å². The largest absolute Gasteiger partial charge is 0.497 e. The van der Waals surface area contributed by atoms with Crippen LogP contribution in [-0.2, 0) is 4.79 Å². The second-order valence-electron chi connectivity index (χ2n) is 4.52. The fraction of sp³-hybridized carbons (Fsp3) is 0.188. The Morgan fingerprint density at radius 3 is 2.30 bits per heavy atom. The molecule has 122 valence electrons. The number of ether oxygens (including phenoxy) is 1. The maximum atomic E-state index is 12.1. The highest BCUT2D eigenvalue weighted by atomic mass is 35.5. The quantitative estimate of drug-likeness (QED) is 0.879. The van der Waals surface area contributed by atoms with Crippen LogP contribution in [-0.4, -0.2) is 23.9 Å². The van der Waals surface area contributed by atoms with Crippen molar-refractivity contribution in [2.45, 2.75) is 13.3 Å². The highest BCUT2D eigenvalue weighted by Gasteiger charge is 2.07. The van der Waals surface area contributed by atoms with Crippen LogP contribution >= 0.6 is 12.4 Å². The zero-order valence-electron chi connectivity index (χ0n) is 12.8. The van der Waals surface area contributed by atoms with Crippen molar-refractivity contribution in [2.75, 3.05) is 17.7 Å². The molecule has 2 amide bonds. The fourth-order valence-electron chi connectivity index (χ4n) is 1.72. The lowest BCUT2D eigenvalue weighted by atomic mass is 10.2. The van der Waals surface area contributed by atoms with E-state index in [1.54, 1.807) is 50.4 Å². The summed E-state index contributed by atoms with van der Waals surface area (Å²) < 4.78 is 5.04. The molecule has 0 radical (unpaired) electrons. The van der Waals surface area contributed by atoms with Gasteiger partial charge in [0.25, 0.3) is 5.91 Å². The number of methoxy groups -OCH3 is 1. The molecular weight excluding hydrogens is 318 g/mol. The van der Waals surface area contributed by atoms with Gasteiger partial charge in [0, 0.05) is 12.0 Å². The molecule has 2 rings (SSSR count). The third kappa shape index (κ3) is 5.27. The Morgan fingerprint density at radius 2 is 1.78 bits per heavy atom. The molecule has 2 N–H and O–H groups in total. The molecule has 0 fully saturated rings. The van der Waals surface area contributed by atoms with E-state index in [1.807, 2.05) is 0 Å². The molecule has 0 aliphatic heterocycles. The number of benzene rings is 1. The summed E-state index contributed by atoms with van der Waals surface area (Å²) in [6, 6.07) is 10.1. The number of nitrogens with one attached hydrogen (secondary N) is 2. The van der Waals surface area contributed by atoms with Gasteiger partial charge in [-0.25, -0.2) is 4.98 Å². The van der Waals surface area contributed by atoms with E-state index in [0.717, 1.165) is 0 Å². The molecule has 0 atom stereocenters. The van der Waals surface area contributed by atoms with Gasteiger partial charge in [0.1, 0.15) is 11.6 Å². The minimum Gasteiger partial charge on any atom is -0.497 e. The summed E-state index contributed by atoms with van der Waals surface area (Å²) in [7, 11) is 1.57. The zero-order chi connectivity index (χ0) is 15.9. The first-order chi connectivity index (χ1) is 10.6. The van der Waals surface area contributed by atoms with Crippen LogP contribution in [0.1, 0.15) is 23.7 Å². The summed E-state index contributed by atoms with van der Waals surface area (Å²) in [6.45, 7) is 1.77. The first-order valence-corrected chi connectivity index (χ1v) is 6.83. The van der Waals surface area contributed by atoms with Gasteiger partial charge in [-0.2, -0.15) is 0 Å². The predicted molar refractivity (Wildman–Crippen MR) is 91.4 cm³/mol. The van der Waals surface area contributed by atoms with E-state index in [2.05, 4.69) is 15.6 Å². The van der Waals surface area contributed by atoms with Gasteiger partial charge >= 0.3 is 0 Å². The Bertz CT molecular complexity index is 657. The van der Waals surface area contributed by atoms with E-state index in [0.29, 0.717) is 29.2 Å². The third-order valence-corrected chi connectivity index (χ3v) is 2.96. The lowest BCUT2D eigenvalue weighted by molar-refractivity contribution is -0.115. The molecule has 2 aromatic rings. The van der Waals surface area contributed by atoms with E-state index in [-0.39, 0.29) is 24.2 Å². The number of anilines is 2.